The van der Waals surface area contributed by atoms with E-state index in [1.165, 1.54) is 31.2 Å². The molecule has 0 bridgehead atoms. The minimum absolute atomic E-state index is 0.000759. The van der Waals surface area contributed by atoms with Crippen molar-refractivity contribution in [1.29, 1.82) is 0 Å². The predicted molar refractivity (Wildman–Crippen MR) is 96.7 cm³/mol. The summed E-state index contributed by atoms with van der Waals surface area (Å²) in [5, 5.41) is 4.20. The first-order valence-corrected chi connectivity index (χ1v) is 9.41. The van der Waals surface area contributed by atoms with Gasteiger partial charge in [-0.1, -0.05) is 23.7 Å². The molecular formula is C17H14ClN3O4S. The zero-order valence-electron chi connectivity index (χ0n) is 13.6. The quantitative estimate of drug-likeness (QED) is 0.480. The van der Waals surface area contributed by atoms with E-state index in [-0.39, 0.29) is 17.2 Å². The van der Waals surface area contributed by atoms with E-state index in [0.29, 0.717) is 16.1 Å². The maximum Gasteiger partial charge on any atom is 0.276 e. The molecule has 0 fully saturated rings. The Bertz CT molecular complexity index is 982. The first kappa shape index (κ1) is 18.1. The molecule has 134 valence electrons. The zero-order valence-corrected chi connectivity index (χ0v) is 15.2. The highest BCUT2D eigenvalue weighted by Gasteiger charge is 2.35. The number of nitrogens with one attached hydrogen (secondary N) is 1. The molecule has 0 aliphatic carbocycles. The fourth-order valence-corrected chi connectivity index (χ4v) is 3.45. The van der Waals surface area contributed by atoms with Gasteiger partial charge in [-0.05, 0) is 43.3 Å². The molecule has 0 radical (unpaired) electrons. The number of hydrazone groups is 1. The highest BCUT2D eigenvalue weighted by atomic mass is 35.5. The molecular weight excluding hydrogens is 378 g/mol. The molecule has 0 atom stereocenters. The fourth-order valence-electron chi connectivity index (χ4n) is 2.45. The van der Waals surface area contributed by atoms with Gasteiger partial charge in [0.15, 0.2) is 0 Å². The summed E-state index contributed by atoms with van der Waals surface area (Å²) in [6.45, 7) is 1.41. The molecule has 7 nitrogen and oxygen atoms in total. The summed E-state index contributed by atoms with van der Waals surface area (Å²) in [4.78, 5) is 27.7. The number of fused-ring (bicyclic) bond motifs is 1. The molecule has 2 aromatic rings. The summed E-state index contributed by atoms with van der Waals surface area (Å²) < 4.78 is 24.4. The average molecular weight is 392 g/mol. The summed E-state index contributed by atoms with van der Waals surface area (Å²) in [6, 6.07) is 12.1. The highest BCUT2D eigenvalue weighted by Crippen LogP contribution is 2.22. The lowest BCUT2D eigenvalue weighted by atomic mass is 10.1. The number of sulfonamides is 1. The van der Waals surface area contributed by atoms with Gasteiger partial charge >= 0.3 is 0 Å². The molecule has 26 heavy (non-hydrogen) atoms. The third-order valence-electron chi connectivity index (χ3n) is 3.75. The second kappa shape index (κ2) is 6.89. The van der Waals surface area contributed by atoms with Crippen LogP contribution in [0.1, 0.15) is 27.6 Å². The second-order valence-corrected chi connectivity index (χ2v) is 7.74. The van der Waals surface area contributed by atoms with E-state index in [0.717, 1.165) is 4.90 Å². The van der Waals surface area contributed by atoms with E-state index in [4.69, 9.17) is 11.6 Å². The Morgan fingerprint density at radius 2 is 1.58 bits per heavy atom. The van der Waals surface area contributed by atoms with E-state index in [2.05, 4.69) is 9.93 Å². The van der Waals surface area contributed by atoms with E-state index >= 15 is 0 Å². The number of carbonyl (C=O) groups is 2. The Labute approximate surface area is 155 Å². The largest absolute Gasteiger partial charge is 0.276 e. The van der Waals surface area contributed by atoms with Crippen molar-refractivity contribution in [2.75, 3.05) is 6.54 Å². The Morgan fingerprint density at radius 3 is 2.12 bits per heavy atom. The van der Waals surface area contributed by atoms with E-state index in [9.17, 15) is 18.0 Å². The van der Waals surface area contributed by atoms with Gasteiger partial charge in [0.1, 0.15) is 0 Å². The lowest BCUT2D eigenvalue weighted by Crippen LogP contribution is -2.35. The number of hydrogen-bond donors (Lipinski definition) is 1. The number of amides is 2. The molecule has 9 heteroatoms. The summed E-state index contributed by atoms with van der Waals surface area (Å²) in [5.41, 5.74) is 0.913. The van der Waals surface area contributed by atoms with Gasteiger partial charge in [-0.15, -0.1) is 0 Å². The Hall–Kier alpha value is -2.71. The van der Waals surface area contributed by atoms with E-state index in [1.807, 2.05) is 0 Å². The monoisotopic (exact) mass is 391 g/mol. The van der Waals surface area contributed by atoms with Crippen LogP contribution >= 0.6 is 11.6 Å². The van der Waals surface area contributed by atoms with Crippen LogP contribution in [0.5, 0.6) is 0 Å². The topological polar surface area (TPSA) is 95.9 Å². The van der Waals surface area contributed by atoms with Crippen LogP contribution in [0.3, 0.4) is 0 Å². The van der Waals surface area contributed by atoms with Crippen LogP contribution < -0.4 is 4.83 Å². The normalized spacial score (nSPS) is 14.5. The standard InChI is InChI=1S/C17H14ClN3O4S/c1-11(19-20-26(24,25)13-8-6-12(18)7-9-13)10-21-16(22)14-4-2-3-5-15(14)17(21)23/h2-9,20H,10H2,1H3/b19-11+. The molecule has 3 rings (SSSR count). The lowest BCUT2D eigenvalue weighted by Gasteiger charge is -2.13. The number of halogens is 1. The Balaban J connectivity index is 1.73. The Morgan fingerprint density at radius 1 is 1.04 bits per heavy atom. The van der Waals surface area contributed by atoms with Crippen LogP contribution in [0.2, 0.25) is 5.02 Å². The van der Waals surface area contributed by atoms with Crippen molar-refractivity contribution in [2.45, 2.75) is 11.8 Å². The summed E-state index contributed by atoms with van der Waals surface area (Å²) in [7, 11) is -3.87. The molecule has 0 saturated carbocycles. The van der Waals surface area contributed by atoms with E-state index in [1.54, 1.807) is 24.3 Å². The highest BCUT2D eigenvalue weighted by molar-refractivity contribution is 7.89. The third kappa shape index (κ3) is 3.47. The van der Waals surface area contributed by atoms with Crippen LogP contribution in [0.15, 0.2) is 58.5 Å². The van der Waals surface area contributed by atoms with E-state index < -0.39 is 21.8 Å². The molecule has 1 N–H and O–H groups in total. The van der Waals surface area contributed by atoms with Crippen LogP contribution in [-0.4, -0.2) is 37.4 Å². The second-order valence-electron chi connectivity index (χ2n) is 5.64. The molecule has 1 heterocycles. The molecule has 0 aromatic heterocycles. The van der Waals surface area contributed by atoms with Gasteiger partial charge in [0, 0.05) is 5.02 Å². The van der Waals surface area contributed by atoms with Crippen molar-refractivity contribution in [2.24, 2.45) is 5.10 Å². The van der Waals surface area contributed by atoms with Gasteiger partial charge in [-0.25, -0.2) is 4.83 Å². The number of carbonyl (C=O) groups excluding carboxylic acids is 2. The predicted octanol–water partition coefficient (Wildman–Crippen LogP) is 2.29. The minimum atomic E-state index is -3.87. The first-order valence-electron chi connectivity index (χ1n) is 7.55. The average Bonchev–Trinajstić information content (AvgIpc) is 2.86. The zero-order chi connectivity index (χ0) is 18.9. The van der Waals surface area contributed by atoms with Crippen LogP contribution in [0.4, 0.5) is 0 Å². The third-order valence-corrected chi connectivity index (χ3v) is 5.22. The molecule has 0 unspecified atom stereocenters. The van der Waals surface area contributed by atoms with Gasteiger partial charge in [-0.2, -0.15) is 13.5 Å². The lowest BCUT2D eigenvalue weighted by molar-refractivity contribution is 0.0677. The van der Waals surface area contributed by atoms with Crippen LogP contribution in [0, 0.1) is 0 Å². The summed E-state index contributed by atoms with van der Waals surface area (Å²) in [6.07, 6.45) is 0. The van der Waals surface area contributed by atoms with Gasteiger partial charge in [-0.3, -0.25) is 14.5 Å². The maximum atomic E-state index is 12.3. The molecule has 1 aliphatic rings. The van der Waals surface area contributed by atoms with Crippen molar-refractivity contribution in [3.05, 3.63) is 64.7 Å². The molecule has 2 amide bonds. The molecule has 0 saturated heterocycles. The van der Waals surface area contributed by atoms with Crippen molar-refractivity contribution in [3.8, 4) is 0 Å². The number of benzene rings is 2. The van der Waals surface area contributed by atoms with Crippen molar-refractivity contribution in [3.63, 3.8) is 0 Å². The van der Waals surface area contributed by atoms with Crippen LogP contribution in [0.25, 0.3) is 0 Å². The minimum Gasteiger partial charge on any atom is -0.269 e. The van der Waals surface area contributed by atoms with Gasteiger partial charge in [0.05, 0.1) is 28.3 Å². The molecule has 0 spiro atoms. The number of nitrogens with zero attached hydrogens (tertiary/aromatic N) is 2. The Kier molecular flexibility index (Phi) is 4.80. The van der Waals surface area contributed by atoms with Gasteiger partial charge < -0.3 is 0 Å². The molecule has 2 aromatic carbocycles. The number of hydrogen-bond acceptors (Lipinski definition) is 5. The van der Waals surface area contributed by atoms with Crippen molar-refractivity contribution < 1.29 is 18.0 Å². The number of rotatable bonds is 5. The smallest absolute Gasteiger partial charge is 0.269 e. The van der Waals surface area contributed by atoms with Crippen LogP contribution in [-0.2, 0) is 10.0 Å². The maximum absolute atomic E-state index is 12.3. The number of imide groups is 1. The molecule has 1 aliphatic heterocycles. The first-order chi connectivity index (χ1) is 12.3. The fraction of sp³-hybridized carbons (Fsp3) is 0.118. The summed E-state index contributed by atoms with van der Waals surface area (Å²) in [5.74, 6) is -0.860. The van der Waals surface area contributed by atoms with Gasteiger partial charge in [0.2, 0.25) is 0 Å². The SMILES string of the molecule is C/C(CN1C(=O)c2ccccc2C1=O)=N\NS(=O)(=O)c1ccc(Cl)cc1. The van der Waals surface area contributed by atoms with Crippen molar-refractivity contribution >= 4 is 39.2 Å². The van der Waals surface area contributed by atoms with Crippen molar-refractivity contribution in [1.82, 2.24) is 9.73 Å². The van der Waals surface area contributed by atoms with Gasteiger partial charge in [0.25, 0.3) is 21.8 Å². The summed E-state index contributed by atoms with van der Waals surface area (Å²) >= 11 is 5.74.